The molecule has 0 aliphatic heterocycles. The van der Waals surface area contributed by atoms with E-state index in [-0.39, 0.29) is 5.97 Å². The molecule has 0 aliphatic carbocycles. The third kappa shape index (κ3) is 9.30. The van der Waals surface area contributed by atoms with E-state index in [4.69, 9.17) is 0 Å². The van der Waals surface area contributed by atoms with Gasteiger partial charge in [-0.2, -0.15) is 0 Å². The molecule has 0 aromatic rings. The Kier molecular flexibility index (Phi) is 5.66. The zero-order valence-corrected chi connectivity index (χ0v) is 8.59. The summed E-state index contributed by atoms with van der Waals surface area (Å²) in [5.74, 6) is -0.212. The second-order valence-corrected chi connectivity index (χ2v) is 3.64. The van der Waals surface area contributed by atoms with E-state index >= 15 is 0 Å². The average molecular weight is 189 g/mol. The van der Waals surface area contributed by atoms with Gasteiger partial charge in [0.15, 0.2) is 0 Å². The highest BCUT2D eigenvalue weighted by Crippen LogP contribution is 2.04. The highest BCUT2D eigenvalue weighted by Gasteiger charge is 2.10. The second-order valence-electron chi connectivity index (χ2n) is 3.64. The van der Waals surface area contributed by atoms with Crippen molar-refractivity contribution in [3.63, 3.8) is 0 Å². The zero-order chi connectivity index (χ0) is 10.3. The van der Waals surface area contributed by atoms with Gasteiger partial charge in [-0.15, -0.1) is 0 Å². The number of nitrogens with one attached hydrogen (secondary N) is 1. The van der Waals surface area contributed by atoms with Crippen molar-refractivity contribution < 1.29 is 14.6 Å². The first kappa shape index (κ1) is 12.4. The molecule has 0 unspecified atom stereocenters. The van der Waals surface area contributed by atoms with E-state index in [1.54, 1.807) is 13.8 Å². The van der Waals surface area contributed by atoms with Crippen LogP contribution in [0.5, 0.6) is 0 Å². The predicted molar refractivity (Wildman–Crippen MR) is 50.4 cm³/mol. The Bertz CT molecular complexity index is 151. The summed E-state index contributed by atoms with van der Waals surface area (Å²) >= 11 is 0. The normalized spacial score (nSPS) is 11.4. The van der Waals surface area contributed by atoms with Gasteiger partial charge in [-0.25, -0.2) is 0 Å². The van der Waals surface area contributed by atoms with Gasteiger partial charge in [0.2, 0.25) is 0 Å². The van der Waals surface area contributed by atoms with Crippen molar-refractivity contribution in [2.75, 3.05) is 20.2 Å². The maximum absolute atomic E-state index is 10.7. The number of hydrogen-bond donors (Lipinski definition) is 2. The molecular weight excluding hydrogens is 170 g/mol. The van der Waals surface area contributed by atoms with Crippen LogP contribution < -0.4 is 5.32 Å². The number of ether oxygens (including phenoxy) is 1. The van der Waals surface area contributed by atoms with Gasteiger partial charge in [0.25, 0.3) is 0 Å². The van der Waals surface area contributed by atoms with E-state index in [1.807, 2.05) is 0 Å². The Labute approximate surface area is 79.3 Å². The third-order valence-electron chi connectivity index (χ3n) is 1.65. The summed E-state index contributed by atoms with van der Waals surface area (Å²) in [7, 11) is 1.37. The molecule has 78 valence electrons. The quantitative estimate of drug-likeness (QED) is 0.466. The molecule has 0 atom stereocenters. The molecule has 0 fully saturated rings. The lowest BCUT2D eigenvalue weighted by Gasteiger charge is -2.16. The molecule has 0 saturated heterocycles. The SMILES string of the molecule is COC(=O)CCNCCC(C)(C)O. The second kappa shape index (κ2) is 5.94. The molecule has 4 heteroatoms. The molecule has 2 N–H and O–H groups in total. The van der Waals surface area contributed by atoms with E-state index in [0.717, 1.165) is 0 Å². The van der Waals surface area contributed by atoms with Crippen molar-refractivity contribution in [2.24, 2.45) is 0 Å². The first-order chi connectivity index (χ1) is 5.95. The van der Waals surface area contributed by atoms with Gasteiger partial charge < -0.3 is 15.2 Å². The molecule has 4 nitrogen and oxygen atoms in total. The summed E-state index contributed by atoms with van der Waals surface area (Å²) in [6.07, 6.45) is 1.05. The summed E-state index contributed by atoms with van der Waals surface area (Å²) in [6, 6.07) is 0. The monoisotopic (exact) mass is 189 g/mol. The van der Waals surface area contributed by atoms with E-state index in [1.165, 1.54) is 7.11 Å². The zero-order valence-electron chi connectivity index (χ0n) is 8.59. The molecule has 0 spiro atoms. The van der Waals surface area contributed by atoms with Gasteiger partial charge in [0, 0.05) is 6.54 Å². The molecule has 0 heterocycles. The van der Waals surface area contributed by atoms with Crippen LogP contribution in [-0.4, -0.2) is 36.9 Å². The van der Waals surface area contributed by atoms with E-state index in [0.29, 0.717) is 25.9 Å². The van der Waals surface area contributed by atoms with Crippen molar-refractivity contribution in [1.82, 2.24) is 5.32 Å². The van der Waals surface area contributed by atoms with Gasteiger partial charge in [-0.1, -0.05) is 0 Å². The Balaban J connectivity index is 3.22. The van der Waals surface area contributed by atoms with Crippen molar-refractivity contribution in [1.29, 1.82) is 0 Å². The van der Waals surface area contributed by atoms with Gasteiger partial charge in [0.1, 0.15) is 0 Å². The van der Waals surface area contributed by atoms with Crippen LogP contribution in [0.3, 0.4) is 0 Å². The van der Waals surface area contributed by atoms with Crippen molar-refractivity contribution in [3.8, 4) is 0 Å². The first-order valence-corrected chi connectivity index (χ1v) is 4.45. The number of carbonyl (C=O) groups excluding carboxylic acids is 1. The molecule has 0 aromatic heterocycles. The smallest absolute Gasteiger partial charge is 0.306 e. The fourth-order valence-electron chi connectivity index (χ4n) is 0.812. The van der Waals surface area contributed by atoms with Crippen LogP contribution in [-0.2, 0) is 9.53 Å². The maximum atomic E-state index is 10.7. The minimum atomic E-state index is -0.641. The minimum absolute atomic E-state index is 0.212. The highest BCUT2D eigenvalue weighted by molar-refractivity contribution is 5.69. The summed E-state index contributed by atoms with van der Waals surface area (Å²) < 4.78 is 4.47. The Morgan fingerprint density at radius 1 is 1.46 bits per heavy atom. The summed E-state index contributed by atoms with van der Waals surface area (Å²) in [6.45, 7) is 4.83. The summed E-state index contributed by atoms with van der Waals surface area (Å²) in [5.41, 5.74) is -0.641. The van der Waals surface area contributed by atoms with Crippen LogP contribution in [0.4, 0.5) is 0 Å². The fraction of sp³-hybridized carbons (Fsp3) is 0.889. The molecular formula is C9H19NO3. The van der Waals surface area contributed by atoms with Crippen LogP contribution in [0, 0.1) is 0 Å². The summed E-state index contributed by atoms with van der Waals surface area (Å²) in [4.78, 5) is 10.7. The van der Waals surface area contributed by atoms with E-state index in [9.17, 15) is 9.90 Å². The average Bonchev–Trinajstić information content (AvgIpc) is 2.01. The van der Waals surface area contributed by atoms with Crippen molar-refractivity contribution in [3.05, 3.63) is 0 Å². The molecule has 0 aliphatic rings. The maximum Gasteiger partial charge on any atom is 0.306 e. The largest absolute Gasteiger partial charge is 0.469 e. The van der Waals surface area contributed by atoms with Crippen molar-refractivity contribution in [2.45, 2.75) is 32.3 Å². The fourth-order valence-corrected chi connectivity index (χ4v) is 0.812. The molecule has 0 aromatic carbocycles. The standard InChI is InChI=1S/C9H19NO3/c1-9(2,12)5-7-10-6-4-8(11)13-3/h10,12H,4-7H2,1-3H3. The number of hydrogen-bond acceptors (Lipinski definition) is 4. The topological polar surface area (TPSA) is 58.6 Å². The minimum Gasteiger partial charge on any atom is -0.469 e. The lowest BCUT2D eigenvalue weighted by atomic mass is 10.1. The van der Waals surface area contributed by atoms with Crippen LogP contribution >= 0.6 is 0 Å². The Morgan fingerprint density at radius 2 is 2.08 bits per heavy atom. The van der Waals surface area contributed by atoms with Gasteiger partial charge in [-0.05, 0) is 26.8 Å². The van der Waals surface area contributed by atoms with Crippen LogP contribution in [0.15, 0.2) is 0 Å². The molecule has 0 amide bonds. The van der Waals surface area contributed by atoms with Gasteiger partial charge in [0.05, 0.1) is 19.1 Å². The predicted octanol–water partition coefficient (Wildman–Crippen LogP) is 0.300. The molecule has 13 heavy (non-hydrogen) atoms. The van der Waals surface area contributed by atoms with E-state index in [2.05, 4.69) is 10.1 Å². The Hall–Kier alpha value is -0.610. The van der Waals surface area contributed by atoms with E-state index < -0.39 is 5.60 Å². The number of esters is 1. The number of aliphatic hydroxyl groups is 1. The van der Waals surface area contributed by atoms with Gasteiger partial charge >= 0.3 is 5.97 Å². The lowest BCUT2D eigenvalue weighted by molar-refractivity contribution is -0.140. The molecule has 0 rings (SSSR count). The number of methoxy groups -OCH3 is 1. The first-order valence-electron chi connectivity index (χ1n) is 4.45. The van der Waals surface area contributed by atoms with Crippen LogP contribution in [0.2, 0.25) is 0 Å². The van der Waals surface area contributed by atoms with Crippen LogP contribution in [0.25, 0.3) is 0 Å². The number of carbonyl (C=O) groups is 1. The molecule has 0 saturated carbocycles. The van der Waals surface area contributed by atoms with Crippen molar-refractivity contribution >= 4 is 5.97 Å². The Morgan fingerprint density at radius 3 is 2.54 bits per heavy atom. The molecule has 0 bridgehead atoms. The third-order valence-corrected chi connectivity index (χ3v) is 1.65. The summed E-state index contributed by atoms with van der Waals surface area (Å²) in [5, 5.41) is 12.4. The molecule has 0 radical (unpaired) electrons. The van der Waals surface area contributed by atoms with Crippen LogP contribution in [0.1, 0.15) is 26.7 Å². The lowest BCUT2D eigenvalue weighted by Crippen LogP contribution is -2.28. The highest BCUT2D eigenvalue weighted by atomic mass is 16.5. The number of rotatable bonds is 6. The van der Waals surface area contributed by atoms with Gasteiger partial charge in [-0.3, -0.25) is 4.79 Å².